The lowest BCUT2D eigenvalue weighted by atomic mass is 10.2. The van der Waals surface area contributed by atoms with Crippen LogP contribution in [0.25, 0.3) is 0 Å². The van der Waals surface area contributed by atoms with Crippen molar-refractivity contribution in [2.24, 2.45) is 0 Å². The lowest BCUT2D eigenvalue weighted by molar-refractivity contribution is -0.119. The van der Waals surface area contributed by atoms with Crippen LogP contribution < -0.4 is 4.72 Å². The van der Waals surface area contributed by atoms with Gasteiger partial charge in [-0.15, -0.1) is 11.3 Å². The number of hydrogen-bond acceptors (Lipinski definition) is 6. The number of hydrogen-bond donors (Lipinski definition) is 1. The molecule has 21 heavy (non-hydrogen) atoms. The number of sulfonamides is 1. The number of thiophene rings is 1. The van der Waals surface area contributed by atoms with E-state index >= 15 is 0 Å². The first-order valence-electron chi connectivity index (χ1n) is 6.20. The Morgan fingerprint density at radius 2 is 2.24 bits per heavy atom. The second-order valence-electron chi connectivity index (χ2n) is 4.76. The SMILES string of the molecule is O=C(Cc1cc(C2CC2)no1)NS(=O)(=O)c1ccc(Cl)s1. The maximum atomic E-state index is 11.9. The smallest absolute Gasteiger partial charge is 0.273 e. The monoisotopic (exact) mass is 346 g/mol. The molecule has 0 aliphatic heterocycles. The van der Waals surface area contributed by atoms with Gasteiger partial charge in [0.05, 0.1) is 16.5 Å². The third-order valence-corrected chi connectivity index (χ3v) is 6.07. The van der Waals surface area contributed by atoms with Gasteiger partial charge in [-0.1, -0.05) is 16.8 Å². The maximum absolute atomic E-state index is 11.9. The average Bonchev–Trinajstić information content (AvgIpc) is 2.98. The Morgan fingerprint density at radius 3 is 2.86 bits per heavy atom. The minimum atomic E-state index is -3.88. The Bertz CT molecular complexity index is 777. The van der Waals surface area contributed by atoms with Crippen LogP contribution in [0, 0.1) is 0 Å². The molecule has 2 aromatic rings. The van der Waals surface area contributed by atoms with E-state index in [0.29, 0.717) is 16.0 Å². The van der Waals surface area contributed by atoms with Crippen LogP contribution in [0.3, 0.4) is 0 Å². The van der Waals surface area contributed by atoms with Crippen LogP contribution in [-0.2, 0) is 21.2 Å². The molecule has 1 fully saturated rings. The molecular formula is C12H11ClN2O4S2. The highest BCUT2D eigenvalue weighted by atomic mass is 35.5. The highest BCUT2D eigenvalue weighted by molar-refractivity contribution is 7.92. The molecule has 0 radical (unpaired) electrons. The molecular weight excluding hydrogens is 336 g/mol. The minimum absolute atomic E-state index is 0.00270. The maximum Gasteiger partial charge on any atom is 0.273 e. The van der Waals surface area contributed by atoms with Gasteiger partial charge < -0.3 is 4.52 Å². The van der Waals surface area contributed by atoms with Gasteiger partial charge in [-0.3, -0.25) is 4.79 Å². The van der Waals surface area contributed by atoms with Gasteiger partial charge in [-0.25, -0.2) is 13.1 Å². The van der Waals surface area contributed by atoms with Crippen molar-refractivity contribution in [3.63, 3.8) is 0 Å². The normalized spacial score (nSPS) is 15.1. The summed E-state index contributed by atoms with van der Waals surface area (Å²) < 4.78 is 31.2. The van der Waals surface area contributed by atoms with Crippen molar-refractivity contribution in [3.05, 3.63) is 34.0 Å². The molecule has 0 aromatic carbocycles. The molecule has 0 bridgehead atoms. The second-order valence-corrected chi connectivity index (χ2v) is 8.38. The van der Waals surface area contributed by atoms with Crippen molar-refractivity contribution in [2.75, 3.05) is 0 Å². The van der Waals surface area contributed by atoms with Gasteiger partial charge in [0.1, 0.15) is 9.97 Å². The Hall–Kier alpha value is -1.38. The summed E-state index contributed by atoms with van der Waals surface area (Å²) in [5, 5.41) is 3.87. The number of amides is 1. The van der Waals surface area contributed by atoms with Crippen LogP contribution in [0.2, 0.25) is 4.34 Å². The molecule has 112 valence electrons. The van der Waals surface area contributed by atoms with Gasteiger partial charge in [-0.05, 0) is 25.0 Å². The summed E-state index contributed by atoms with van der Waals surface area (Å²) in [6.07, 6.45) is 1.98. The highest BCUT2D eigenvalue weighted by Gasteiger charge is 2.28. The van der Waals surface area contributed by atoms with Gasteiger partial charge in [0.25, 0.3) is 10.0 Å². The van der Waals surface area contributed by atoms with Gasteiger partial charge >= 0.3 is 0 Å². The summed E-state index contributed by atoms with van der Waals surface area (Å²) in [6, 6.07) is 4.51. The fraction of sp³-hybridized carbons (Fsp3) is 0.333. The van der Waals surface area contributed by atoms with E-state index in [-0.39, 0.29) is 10.6 Å². The van der Waals surface area contributed by atoms with E-state index in [1.807, 2.05) is 4.72 Å². The molecule has 0 spiro atoms. The zero-order chi connectivity index (χ0) is 15.0. The topological polar surface area (TPSA) is 89.3 Å². The predicted molar refractivity (Wildman–Crippen MR) is 76.8 cm³/mol. The first-order chi connectivity index (χ1) is 9.94. The van der Waals surface area contributed by atoms with E-state index in [0.717, 1.165) is 29.9 Å². The highest BCUT2D eigenvalue weighted by Crippen LogP contribution is 2.39. The van der Waals surface area contributed by atoms with E-state index < -0.39 is 15.9 Å². The molecule has 6 nitrogen and oxygen atoms in total. The summed E-state index contributed by atoms with van der Waals surface area (Å²) >= 11 is 6.58. The summed E-state index contributed by atoms with van der Waals surface area (Å²) in [5.41, 5.74) is 0.825. The molecule has 1 aliphatic rings. The summed E-state index contributed by atoms with van der Waals surface area (Å²) in [5.74, 6) is 0.106. The molecule has 9 heteroatoms. The molecule has 1 N–H and O–H groups in total. The van der Waals surface area contributed by atoms with Gasteiger partial charge in [-0.2, -0.15) is 0 Å². The molecule has 0 saturated heterocycles. The van der Waals surface area contributed by atoms with Crippen molar-refractivity contribution in [1.82, 2.24) is 9.88 Å². The van der Waals surface area contributed by atoms with E-state index in [1.165, 1.54) is 12.1 Å². The lowest BCUT2D eigenvalue weighted by Gasteiger charge is -2.02. The average molecular weight is 347 g/mol. The van der Waals surface area contributed by atoms with Crippen LogP contribution in [0.5, 0.6) is 0 Å². The first-order valence-corrected chi connectivity index (χ1v) is 8.88. The quantitative estimate of drug-likeness (QED) is 0.897. The van der Waals surface area contributed by atoms with Crippen molar-refractivity contribution < 1.29 is 17.7 Å². The van der Waals surface area contributed by atoms with E-state index in [4.69, 9.17) is 16.1 Å². The first kappa shape index (κ1) is 14.6. The molecule has 1 aliphatic carbocycles. The molecule has 0 unspecified atom stereocenters. The summed E-state index contributed by atoms with van der Waals surface area (Å²) in [6.45, 7) is 0. The lowest BCUT2D eigenvalue weighted by Crippen LogP contribution is -2.31. The third-order valence-electron chi connectivity index (χ3n) is 2.97. The van der Waals surface area contributed by atoms with Crippen molar-refractivity contribution in [3.8, 4) is 0 Å². The molecule has 2 aromatic heterocycles. The Labute approximate surface area is 130 Å². The largest absolute Gasteiger partial charge is 0.361 e. The number of nitrogens with one attached hydrogen (secondary N) is 1. The van der Waals surface area contributed by atoms with E-state index in [1.54, 1.807) is 6.07 Å². The van der Waals surface area contributed by atoms with E-state index in [9.17, 15) is 13.2 Å². The molecule has 0 atom stereocenters. The standard InChI is InChI=1S/C12H11ClN2O4S2/c13-10-3-4-12(20-10)21(17,18)15-11(16)6-8-5-9(14-19-8)7-1-2-7/h3-5,7H,1-2,6H2,(H,15,16). The van der Waals surface area contributed by atoms with Crippen LogP contribution in [0.4, 0.5) is 0 Å². The van der Waals surface area contributed by atoms with Crippen molar-refractivity contribution in [1.29, 1.82) is 0 Å². The fourth-order valence-corrected chi connectivity index (χ4v) is 4.29. The number of nitrogens with zero attached hydrogens (tertiary/aromatic N) is 1. The second kappa shape index (κ2) is 5.43. The summed E-state index contributed by atoms with van der Waals surface area (Å²) in [4.78, 5) is 11.8. The van der Waals surface area contributed by atoms with Crippen molar-refractivity contribution in [2.45, 2.75) is 29.4 Å². The third kappa shape index (κ3) is 3.45. The number of aromatic nitrogens is 1. The zero-order valence-electron chi connectivity index (χ0n) is 10.7. The Kier molecular flexibility index (Phi) is 3.76. The molecule has 3 rings (SSSR count). The molecule has 1 amide bonds. The van der Waals surface area contributed by atoms with E-state index in [2.05, 4.69) is 5.16 Å². The Balaban J connectivity index is 1.65. The van der Waals surface area contributed by atoms with Gasteiger partial charge in [0.2, 0.25) is 5.91 Å². The predicted octanol–water partition coefficient (Wildman–Crippen LogP) is 2.31. The van der Waals surface area contributed by atoms with Crippen molar-refractivity contribution >= 4 is 38.9 Å². The van der Waals surface area contributed by atoms with Crippen LogP contribution in [0.15, 0.2) is 26.9 Å². The van der Waals surface area contributed by atoms with Gasteiger partial charge in [0, 0.05) is 12.0 Å². The van der Waals surface area contributed by atoms with Crippen LogP contribution >= 0.6 is 22.9 Å². The number of carbonyl (C=O) groups excluding carboxylic acids is 1. The molecule has 1 saturated carbocycles. The summed E-state index contributed by atoms with van der Waals surface area (Å²) in [7, 11) is -3.88. The van der Waals surface area contributed by atoms with Crippen LogP contribution in [-0.4, -0.2) is 19.5 Å². The Morgan fingerprint density at radius 1 is 1.48 bits per heavy atom. The number of carbonyl (C=O) groups is 1. The van der Waals surface area contributed by atoms with Crippen LogP contribution in [0.1, 0.15) is 30.2 Å². The fourth-order valence-electron chi connectivity index (χ4n) is 1.82. The minimum Gasteiger partial charge on any atom is -0.361 e. The molecule has 2 heterocycles. The van der Waals surface area contributed by atoms with Gasteiger partial charge in [0.15, 0.2) is 0 Å². The number of rotatable bonds is 5. The number of halogens is 1. The zero-order valence-corrected chi connectivity index (χ0v) is 13.1.